The minimum Gasteiger partial charge on any atom is -0.495 e. The van der Waals surface area contributed by atoms with Gasteiger partial charge in [0.15, 0.2) is 11.5 Å². The van der Waals surface area contributed by atoms with Crippen molar-refractivity contribution in [3.63, 3.8) is 0 Å². The molecule has 1 atom stereocenters. The van der Waals surface area contributed by atoms with Crippen LogP contribution in [0.3, 0.4) is 0 Å². The lowest BCUT2D eigenvalue weighted by Crippen LogP contribution is -2.39. The summed E-state index contributed by atoms with van der Waals surface area (Å²) in [5, 5.41) is 3.33. The summed E-state index contributed by atoms with van der Waals surface area (Å²) in [4.78, 5) is 14.6. The van der Waals surface area contributed by atoms with Crippen LogP contribution < -0.4 is 19.5 Å². The van der Waals surface area contributed by atoms with Crippen molar-refractivity contribution in [3.05, 3.63) is 47.0 Å². The van der Waals surface area contributed by atoms with Crippen LogP contribution >= 0.6 is 11.6 Å². The molecule has 0 saturated carbocycles. The van der Waals surface area contributed by atoms with Gasteiger partial charge in [-0.3, -0.25) is 9.69 Å². The molecule has 1 amide bonds. The number of likely N-dealkylation sites (N-methyl/N-ethyl adjacent to an activating group) is 1. The van der Waals surface area contributed by atoms with Gasteiger partial charge in [0.1, 0.15) is 5.75 Å². The Morgan fingerprint density at radius 2 is 1.79 bits per heavy atom. The molecular weight excluding hydrogens is 380 g/mol. The number of hydrogen-bond donors (Lipinski definition) is 1. The third-order valence-corrected chi connectivity index (χ3v) is 4.72. The van der Waals surface area contributed by atoms with Gasteiger partial charge >= 0.3 is 0 Å². The zero-order valence-corrected chi connectivity index (χ0v) is 17.7. The Hall–Kier alpha value is -2.44. The molecule has 0 aliphatic carbocycles. The molecule has 0 aromatic heterocycles. The number of rotatable bonds is 9. The number of carbonyl (C=O) groups is 1. The van der Waals surface area contributed by atoms with Crippen molar-refractivity contribution in [2.45, 2.75) is 26.4 Å². The van der Waals surface area contributed by atoms with Crippen molar-refractivity contribution < 1.29 is 19.0 Å². The molecular formula is C21H27ClN2O4. The summed E-state index contributed by atoms with van der Waals surface area (Å²) in [6.45, 7) is 4.94. The lowest BCUT2D eigenvalue weighted by molar-refractivity contribution is -0.120. The number of halogens is 1. The number of nitrogens with zero attached hydrogens (tertiary/aromatic N) is 1. The van der Waals surface area contributed by atoms with E-state index in [0.717, 1.165) is 5.56 Å². The molecule has 0 aliphatic rings. The Balaban J connectivity index is 2.02. The number of methoxy groups -OCH3 is 2. The first-order chi connectivity index (χ1) is 13.4. The first-order valence-electron chi connectivity index (χ1n) is 9.04. The maximum atomic E-state index is 12.6. The van der Waals surface area contributed by atoms with Crippen LogP contribution in [0.4, 0.5) is 5.69 Å². The van der Waals surface area contributed by atoms with Gasteiger partial charge in [-0.2, -0.15) is 0 Å². The molecule has 0 bridgehead atoms. The molecule has 2 aromatic carbocycles. The average Bonchev–Trinajstić information content (AvgIpc) is 2.68. The Morgan fingerprint density at radius 3 is 2.39 bits per heavy atom. The second-order valence-corrected chi connectivity index (χ2v) is 6.76. The highest BCUT2D eigenvalue weighted by molar-refractivity contribution is 6.32. The van der Waals surface area contributed by atoms with Crippen LogP contribution in [0.15, 0.2) is 36.4 Å². The van der Waals surface area contributed by atoms with Crippen LogP contribution in [0.5, 0.6) is 17.2 Å². The molecule has 0 radical (unpaired) electrons. The largest absolute Gasteiger partial charge is 0.495 e. The zero-order valence-electron chi connectivity index (χ0n) is 16.9. The van der Waals surface area contributed by atoms with Gasteiger partial charge in [0.25, 0.3) is 0 Å². The molecule has 2 aromatic rings. The highest BCUT2D eigenvalue weighted by atomic mass is 35.5. The predicted molar refractivity (Wildman–Crippen MR) is 112 cm³/mol. The lowest BCUT2D eigenvalue weighted by Gasteiger charge is -2.24. The van der Waals surface area contributed by atoms with Crippen molar-refractivity contribution in [2.75, 3.05) is 33.2 Å². The van der Waals surface area contributed by atoms with Crippen molar-refractivity contribution in [1.29, 1.82) is 0 Å². The Labute approximate surface area is 171 Å². The summed E-state index contributed by atoms with van der Waals surface area (Å²) in [6.07, 6.45) is 0. The molecule has 0 saturated heterocycles. The fourth-order valence-electron chi connectivity index (χ4n) is 2.70. The van der Waals surface area contributed by atoms with Crippen molar-refractivity contribution in [1.82, 2.24) is 4.90 Å². The number of benzene rings is 2. The van der Waals surface area contributed by atoms with Crippen LogP contribution in [0, 0.1) is 0 Å². The van der Waals surface area contributed by atoms with E-state index in [1.807, 2.05) is 44.0 Å². The highest BCUT2D eigenvalue weighted by Gasteiger charge is 2.19. The summed E-state index contributed by atoms with van der Waals surface area (Å²) >= 11 is 6.12. The van der Waals surface area contributed by atoms with Crippen LogP contribution in [-0.2, 0) is 11.3 Å². The van der Waals surface area contributed by atoms with Gasteiger partial charge in [-0.05, 0) is 56.8 Å². The Bertz CT molecular complexity index is 813. The van der Waals surface area contributed by atoms with Crippen molar-refractivity contribution in [2.24, 2.45) is 0 Å². The van der Waals surface area contributed by atoms with Crippen LogP contribution in [0.1, 0.15) is 19.4 Å². The molecule has 6 nitrogen and oxygen atoms in total. The lowest BCUT2D eigenvalue weighted by atomic mass is 10.1. The summed E-state index contributed by atoms with van der Waals surface area (Å²) in [6, 6.07) is 10.6. The number of nitrogens with one attached hydrogen (secondary N) is 1. The quantitative estimate of drug-likeness (QED) is 0.675. The third kappa shape index (κ3) is 5.53. The van der Waals surface area contributed by atoms with E-state index in [0.29, 0.717) is 41.1 Å². The van der Waals surface area contributed by atoms with E-state index in [-0.39, 0.29) is 11.9 Å². The molecule has 0 unspecified atom stereocenters. The fourth-order valence-corrected chi connectivity index (χ4v) is 2.96. The standard InChI is InChI=1S/C21H27ClN2O4/c1-6-28-19-9-7-15(11-20(19)27-5)13-24(3)14(2)21(25)23-16-8-10-18(26-4)17(22)12-16/h7-12,14H,6,13H2,1-5H3,(H,23,25)/t14-/m0/s1. The minimum atomic E-state index is -0.349. The van der Waals surface area contributed by atoms with E-state index in [1.54, 1.807) is 32.4 Å². The molecule has 0 aliphatic heterocycles. The van der Waals surface area contributed by atoms with Gasteiger partial charge in [0, 0.05) is 12.2 Å². The van der Waals surface area contributed by atoms with Crippen LogP contribution in [0.2, 0.25) is 5.02 Å². The number of carbonyl (C=O) groups excluding carboxylic acids is 1. The predicted octanol–water partition coefficient (Wildman–Crippen LogP) is 4.21. The first-order valence-corrected chi connectivity index (χ1v) is 9.41. The monoisotopic (exact) mass is 406 g/mol. The molecule has 0 heterocycles. The van der Waals surface area contributed by atoms with Crippen molar-refractivity contribution >= 4 is 23.2 Å². The summed E-state index contributed by atoms with van der Waals surface area (Å²) < 4.78 is 16.1. The van der Waals surface area contributed by atoms with Gasteiger partial charge in [0.2, 0.25) is 5.91 Å². The second kappa shape index (κ2) is 10.2. The van der Waals surface area contributed by atoms with Crippen molar-refractivity contribution in [3.8, 4) is 17.2 Å². The maximum Gasteiger partial charge on any atom is 0.241 e. The van der Waals surface area contributed by atoms with Gasteiger partial charge < -0.3 is 19.5 Å². The van der Waals surface area contributed by atoms with Gasteiger partial charge in [0.05, 0.1) is 31.9 Å². The van der Waals surface area contributed by atoms with Crippen LogP contribution in [0.25, 0.3) is 0 Å². The third-order valence-electron chi connectivity index (χ3n) is 4.42. The van der Waals surface area contributed by atoms with Gasteiger partial charge in [-0.15, -0.1) is 0 Å². The van der Waals surface area contributed by atoms with E-state index in [9.17, 15) is 4.79 Å². The molecule has 1 N–H and O–H groups in total. The summed E-state index contributed by atoms with van der Waals surface area (Å²) in [5.41, 5.74) is 1.65. The normalized spacial score (nSPS) is 11.8. The first kappa shape index (κ1) is 21.9. The smallest absolute Gasteiger partial charge is 0.241 e. The number of hydrogen-bond acceptors (Lipinski definition) is 5. The molecule has 2 rings (SSSR count). The Morgan fingerprint density at radius 1 is 1.11 bits per heavy atom. The minimum absolute atomic E-state index is 0.123. The molecule has 0 spiro atoms. The van der Waals surface area contributed by atoms with Gasteiger partial charge in [-0.1, -0.05) is 17.7 Å². The van der Waals surface area contributed by atoms with E-state index >= 15 is 0 Å². The molecule has 152 valence electrons. The topological polar surface area (TPSA) is 60.0 Å². The number of amides is 1. The van der Waals surface area contributed by atoms with Gasteiger partial charge in [-0.25, -0.2) is 0 Å². The second-order valence-electron chi connectivity index (χ2n) is 6.35. The molecule has 0 fully saturated rings. The average molecular weight is 407 g/mol. The number of anilines is 1. The van der Waals surface area contributed by atoms with Crippen LogP contribution in [-0.4, -0.2) is 44.7 Å². The van der Waals surface area contributed by atoms with E-state index in [2.05, 4.69) is 5.32 Å². The summed E-state index contributed by atoms with van der Waals surface area (Å²) in [5.74, 6) is 1.83. The maximum absolute atomic E-state index is 12.6. The number of ether oxygens (including phenoxy) is 3. The molecule has 7 heteroatoms. The SMILES string of the molecule is CCOc1ccc(CN(C)[C@@H](C)C(=O)Nc2ccc(OC)c(Cl)c2)cc1OC. The molecule has 28 heavy (non-hydrogen) atoms. The van der Waals surface area contributed by atoms with E-state index in [4.69, 9.17) is 25.8 Å². The highest BCUT2D eigenvalue weighted by Crippen LogP contribution is 2.29. The zero-order chi connectivity index (χ0) is 20.7. The summed E-state index contributed by atoms with van der Waals surface area (Å²) in [7, 11) is 5.06. The van der Waals surface area contributed by atoms with E-state index in [1.165, 1.54) is 0 Å². The Kier molecular flexibility index (Phi) is 7.96. The van der Waals surface area contributed by atoms with E-state index < -0.39 is 0 Å². The fraction of sp³-hybridized carbons (Fsp3) is 0.381.